The summed E-state index contributed by atoms with van der Waals surface area (Å²) in [6.07, 6.45) is 1.44. The molecule has 3 rings (SSSR count). The summed E-state index contributed by atoms with van der Waals surface area (Å²) in [4.78, 5) is 8.42. The van der Waals surface area contributed by atoms with Crippen molar-refractivity contribution >= 4 is 17.2 Å². The number of ether oxygens (including phenoxy) is 1. The molecule has 0 fully saturated rings. The minimum atomic E-state index is 0.337. The Labute approximate surface area is 160 Å². The Bertz CT molecular complexity index is 815. The Morgan fingerprint density at radius 3 is 1.93 bits per heavy atom. The molecule has 0 aliphatic heterocycles. The van der Waals surface area contributed by atoms with Crippen molar-refractivity contribution in [1.29, 1.82) is 0 Å². The average molecular weight is 362 g/mol. The van der Waals surface area contributed by atoms with Gasteiger partial charge in [0.2, 0.25) is 5.88 Å². The van der Waals surface area contributed by atoms with Crippen LogP contribution in [0.25, 0.3) is 0 Å². The summed E-state index contributed by atoms with van der Waals surface area (Å²) in [7, 11) is 0. The normalized spacial score (nSPS) is 11.0. The zero-order valence-corrected chi connectivity index (χ0v) is 16.2. The molecule has 0 aliphatic rings. The third kappa shape index (κ3) is 4.56. The van der Waals surface area contributed by atoms with Gasteiger partial charge in [-0.2, -0.15) is 4.98 Å². The Morgan fingerprint density at radius 1 is 0.815 bits per heavy atom. The molecular weight excluding hydrogens is 336 g/mol. The van der Waals surface area contributed by atoms with Crippen LogP contribution in [0.4, 0.5) is 17.2 Å². The number of nitrogens with two attached hydrogens (primary N) is 1. The second kappa shape index (κ2) is 8.08. The zero-order chi connectivity index (χ0) is 19.4. The van der Waals surface area contributed by atoms with Crippen LogP contribution < -0.4 is 15.8 Å². The Balaban J connectivity index is 1.77. The Morgan fingerprint density at radius 2 is 1.37 bits per heavy atom. The SMILES string of the molecule is CC(C)c1ccc(Nc2ncnc(Oc3ccc(C(C)C)cc3)c2N)cc1. The van der Waals surface area contributed by atoms with Crippen LogP contribution in [0.1, 0.15) is 50.7 Å². The highest BCUT2D eigenvalue weighted by atomic mass is 16.5. The van der Waals surface area contributed by atoms with E-state index in [1.165, 1.54) is 17.5 Å². The summed E-state index contributed by atoms with van der Waals surface area (Å²) in [6.45, 7) is 8.65. The lowest BCUT2D eigenvalue weighted by Gasteiger charge is -2.13. The van der Waals surface area contributed by atoms with Crippen molar-refractivity contribution in [3.63, 3.8) is 0 Å². The van der Waals surface area contributed by atoms with Crippen molar-refractivity contribution in [3.8, 4) is 11.6 Å². The van der Waals surface area contributed by atoms with Crippen LogP contribution in [0.5, 0.6) is 11.6 Å². The first-order chi connectivity index (χ1) is 12.9. The van der Waals surface area contributed by atoms with Gasteiger partial charge < -0.3 is 15.8 Å². The first kappa shape index (κ1) is 18.7. The monoisotopic (exact) mass is 362 g/mol. The van der Waals surface area contributed by atoms with E-state index in [0.29, 0.717) is 35.0 Å². The fraction of sp³-hybridized carbons (Fsp3) is 0.273. The van der Waals surface area contributed by atoms with Gasteiger partial charge in [-0.3, -0.25) is 0 Å². The van der Waals surface area contributed by atoms with Gasteiger partial charge in [0.25, 0.3) is 0 Å². The van der Waals surface area contributed by atoms with E-state index in [1.807, 2.05) is 36.4 Å². The molecule has 27 heavy (non-hydrogen) atoms. The maximum atomic E-state index is 6.22. The molecule has 0 atom stereocenters. The molecular formula is C22H26N4O. The van der Waals surface area contributed by atoms with E-state index in [-0.39, 0.29) is 0 Å². The molecule has 1 heterocycles. The van der Waals surface area contributed by atoms with Crippen LogP contribution >= 0.6 is 0 Å². The first-order valence-corrected chi connectivity index (χ1v) is 9.19. The van der Waals surface area contributed by atoms with E-state index in [9.17, 15) is 0 Å². The molecule has 0 radical (unpaired) electrons. The van der Waals surface area contributed by atoms with E-state index in [2.05, 4.69) is 55.1 Å². The number of nitrogen functional groups attached to an aromatic ring is 1. The summed E-state index contributed by atoms with van der Waals surface area (Å²) in [5.41, 5.74) is 10.0. The van der Waals surface area contributed by atoms with Gasteiger partial charge in [-0.05, 0) is 47.2 Å². The molecule has 3 N–H and O–H groups in total. The maximum Gasteiger partial charge on any atom is 0.248 e. The number of hydrogen-bond acceptors (Lipinski definition) is 5. The van der Waals surface area contributed by atoms with Crippen molar-refractivity contribution in [2.45, 2.75) is 39.5 Å². The lowest BCUT2D eigenvalue weighted by atomic mass is 10.0. The smallest absolute Gasteiger partial charge is 0.248 e. The lowest BCUT2D eigenvalue weighted by Crippen LogP contribution is -2.03. The third-order valence-corrected chi connectivity index (χ3v) is 4.45. The van der Waals surface area contributed by atoms with Gasteiger partial charge in [0.1, 0.15) is 17.8 Å². The molecule has 140 valence electrons. The molecule has 5 heteroatoms. The number of rotatable bonds is 6. The standard InChI is InChI=1S/C22H26N4O/c1-14(2)16-5-9-18(10-6-16)26-21-20(23)22(25-13-24-21)27-19-11-7-17(8-12-19)15(3)4/h5-15H,23H2,1-4H3,(H,24,25,26). The van der Waals surface area contributed by atoms with Gasteiger partial charge in [-0.15, -0.1) is 0 Å². The third-order valence-electron chi connectivity index (χ3n) is 4.45. The fourth-order valence-electron chi connectivity index (χ4n) is 2.68. The average Bonchev–Trinajstić information content (AvgIpc) is 2.66. The predicted molar refractivity (Wildman–Crippen MR) is 111 cm³/mol. The number of nitrogens with one attached hydrogen (secondary N) is 1. The summed E-state index contributed by atoms with van der Waals surface area (Å²) in [6, 6.07) is 16.2. The highest BCUT2D eigenvalue weighted by Gasteiger charge is 2.11. The largest absolute Gasteiger partial charge is 0.437 e. The lowest BCUT2D eigenvalue weighted by molar-refractivity contribution is 0.464. The second-order valence-electron chi connectivity index (χ2n) is 7.17. The number of anilines is 3. The number of nitrogens with zero attached hydrogens (tertiary/aromatic N) is 2. The number of hydrogen-bond donors (Lipinski definition) is 2. The molecule has 0 bridgehead atoms. The Hall–Kier alpha value is -3.08. The topological polar surface area (TPSA) is 73.1 Å². The van der Waals surface area contributed by atoms with Crippen molar-refractivity contribution in [2.75, 3.05) is 11.1 Å². The summed E-state index contributed by atoms with van der Waals surface area (Å²) in [5, 5.41) is 3.23. The van der Waals surface area contributed by atoms with Gasteiger partial charge in [0.15, 0.2) is 5.82 Å². The van der Waals surface area contributed by atoms with E-state index in [1.54, 1.807) is 0 Å². The van der Waals surface area contributed by atoms with Crippen molar-refractivity contribution in [2.24, 2.45) is 0 Å². The van der Waals surface area contributed by atoms with Gasteiger partial charge >= 0.3 is 0 Å². The highest BCUT2D eigenvalue weighted by molar-refractivity contribution is 5.72. The van der Waals surface area contributed by atoms with Gasteiger partial charge in [0, 0.05) is 5.69 Å². The molecule has 0 unspecified atom stereocenters. The zero-order valence-electron chi connectivity index (χ0n) is 16.2. The number of aromatic nitrogens is 2. The molecule has 5 nitrogen and oxygen atoms in total. The van der Waals surface area contributed by atoms with Crippen LogP contribution in [0.2, 0.25) is 0 Å². The fourth-order valence-corrected chi connectivity index (χ4v) is 2.68. The van der Waals surface area contributed by atoms with Crippen molar-refractivity contribution < 1.29 is 4.74 Å². The van der Waals surface area contributed by atoms with Crippen LogP contribution in [0, 0.1) is 0 Å². The molecule has 0 aliphatic carbocycles. The summed E-state index contributed by atoms with van der Waals surface area (Å²) in [5.74, 6) is 2.52. The quantitative estimate of drug-likeness (QED) is 0.576. The maximum absolute atomic E-state index is 6.22. The molecule has 0 saturated carbocycles. The predicted octanol–water partition coefficient (Wildman–Crippen LogP) is 5.84. The molecule has 0 saturated heterocycles. The van der Waals surface area contributed by atoms with Gasteiger partial charge in [-0.25, -0.2) is 4.98 Å². The van der Waals surface area contributed by atoms with Gasteiger partial charge in [-0.1, -0.05) is 52.0 Å². The molecule has 1 aromatic heterocycles. The van der Waals surface area contributed by atoms with Crippen LogP contribution in [-0.4, -0.2) is 9.97 Å². The minimum Gasteiger partial charge on any atom is -0.437 e. The van der Waals surface area contributed by atoms with Crippen LogP contribution in [0.15, 0.2) is 54.9 Å². The Kier molecular flexibility index (Phi) is 5.60. The van der Waals surface area contributed by atoms with Crippen LogP contribution in [0.3, 0.4) is 0 Å². The summed E-state index contributed by atoms with van der Waals surface area (Å²) < 4.78 is 5.86. The number of benzene rings is 2. The molecule has 3 aromatic rings. The molecule has 0 amide bonds. The van der Waals surface area contributed by atoms with E-state index < -0.39 is 0 Å². The van der Waals surface area contributed by atoms with Gasteiger partial charge in [0.05, 0.1) is 0 Å². The molecule has 0 spiro atoms. The first-order valence-electron chi connectivity index (χ1n) is 9.19. The highest BCUT2D eigenvalue weighted by Crippen LogP contribution is 2.31. The van der Waals surface area contributed by atoms with E-state index in [4.69, 9.17) is 10.5 Å². The summed E-state index contributed by atoms with van der Waals surface area (Å²) >= 11 is 0. The second-order valence-corrected chi connectivity index (χ2v) is 7.17. The molecule has 2 aromatic carbocycles. The van der Waals surface area contributed by atoms with E-state index >= 15 is 0 Å². The van der Waals surface area contributed by atoms with Crippen molar-refractivity contribution in [3.05, 3.63) is 66.0 Å². The van der Waals surface area contributed by atoms with E-state index in [0.717, 1.165) is 5.69 Å². The van der Waals surface area contributed by atoms with Crippen LogP contribution in [-0.2, 0) is 0 Å². The minimum absolute atomic E-state index is 0.337. The van der Waals surface area contributed by atoms with Crippen molar-refractivity contribution in [1.82, 2.24) is 9.97 Å².